The third-order valence-corrected chi connectivity index (χ3v) is 6.46. The largest absolute Gasteiger partial charge is 0.167 e. The molecule has 0 spiro atoms. The Labute approximate surface area is 110 Å². The van der Waals surface area contributed by atoms with Crippen molar-refractivity contribution < 1.29 is 0 Å². The van der Waals surface area contributed by atoms with E-state index in [1.165, 1.54) is 29.5 Å². The first kappa shape index (κ1) is 12.9. The first-order valence-corrected chi connectivity index (χ1v) is 10.5. The Morgan fingerprint density at radius 3 is 2.47 bits per heavy atom. The lowest BCUT2D eigenvalue weighted by atomic mass is 10.0. The molecule has 2 heteroatoms. The lowest BCUT2D eigenvalue weighted by Crippen LogP contribution is -2.28. The van der Waals surface area contributed by atoms with Gasteiger partial charge in [0.25, 0.3) is 0 Å². The standard InChI is InChI=1S/C15H21ClSi/c1-5-8-12-11(2)15(17(3,4)16)14-10-7-6-9-13(12)14/h6-7,9-10,15H,5,8H2,1-4H3. The van der Waals surface area contributed by atoms with Crippen LogP contribution in [0.3, 0.4) is 0 Å². The molecule has 17 heavy (non-hydrogen) atoms. The van der Waals surface area contributed by atoms with Crippen molar-refractivity contribution in [2.45, 2.75) is 45.3 Å². The summed E-state index contributed by atoms with van der Waals surface area (Å²) in [5.74, 6) is 0. The molecule has 0 radical (unpaired) electrons. The minimum Gasteiger partial charge on any atom is -0.167 e. The van der Waals surface area contributed by atoms with Gasteiger partial charge in [-0.25, -0.2) is 0 Å². The van der Waals surface area contributed by atoms with Gasteiger partial charge in [-0.1, -0.05) is 56.3 Å². The third-order valence-electron chi connectivity index (χ3n) is 3.69. The van der Waals surface area contributed by atoms with Crippen LogP contribution in [0.4, 0.5) is 0 Å². The molecule has 0 saturated heterocycles. The van der Waals surface area contributed by atoms with E-state index in [9.17, 15) is 0 Å². The zero-order valence-corrected chi connectivity index (χ0v) is 12.9. The maximum atomic E-state index is 6.73. The Bertz CT molecular complexity index is 454. The summed E-state index contributed by atoms with van der Waals surface area (Å²) in [7, 11) is -1.69. The summed E-state index contributed by atoms with van der Waals surface area (Å²) in [6.07, 6.45) is 2.39. The van der Waals surface area contributed by atoms with E-state index in [4.69, 9.17) is 11.1 Å². The molecular formula is C15H21ClSi. The number of fused-ring (bicyclic) bond motifs is 1. The minimum absolute atomic E-state index is 0.502. The van der Waals surface area contributed by atoms with Crippen LogP contribution >= 0.6 is 11.1 Å². The molecule has 0 heterocycles. The number of benzene rings is 1. The van der Waals surface area contributed by atoms with E-state index >= 15 is 0 Å². The van der Waals surface area contributed by atoms with Gasteiger partial charge >= 0.3 is 0 Å². The molecule has 0 amide bonds. The van der Waals surface area contributed by atoms with Crippen LogP contribution in [0.2, 0.25) is 13.1 Å². The molecule has 1 aliphatic carbocycles. The van der Waals surface area contributed by atoms with Crippen LogP contribution in [0.5, 0.6) is 0 Å². The smallest absolute Gasteiger partial charge is 0.161 e. The number of halogens is 1. The fraction of sp³-hybridized carbons (Fsp3) is 0.467. The average molecular weight is 265 g/mol. The van der Waals surface area contributed by atoms with Crippen LogP contribution < -0.4 is 0 Å². The van der Waals surface area contributed by atoms with Crippen molar-refractivity contribution in [2.75, 3.05) is 0 Å². The minimum atomic E-state index is -1.69. The molecule has 2 rings (SSSR count). The highest BCUT2D eigenvalue weighted by molar-refractivity contribution is 7.20. The second-order valence-electron chi connectivity index (χ2n) is 5.50. The van der Waals surface area contributed by atoms with E-state index < -0.39 is 7.38 Å². The van der Waals surface area contributed by atoms with Crippen LogP contribution in [0, 0.1) is 0 Å². The summed E-state index contributed by atoms with van der Waals surface area (Å²) in [6.45, 7) is 9.05. The lowest BCUT2D eigenvalue weighted by molar-refractivity contribution is 0.966. The zero-order chi connectivity index (χ0) is 12.6. The van der Waals surface area contributed by atoms with E-state index in [2.05, 4.69) is 51.2 Å². The Morgan fingerprint density at radius 2 is 1.88 bits per heavy atom. The molecule has 1 aromatic rings. The van der Waals surface area contributed by atoms with Crippen LogP contribution in [0.1, 0.15) is 43.4 Å². The van der Waals surface area contributed by atoms with Crippen LogP contribution in [0.15, 0.2) is 29.8 Å². The molecular weight excluding hydrogens is 244 g/mol. The van der Waals surface area contributed by atoms with E-state index in [1.807, 2.05) is 0 Å². The van der Waals surface area contributed by atoms with Gasteiger partial charge in [-0.2, -0.15) is 11.1 Å². The summed E-state index contributed by atoms with van der Waals surface area (Å²) in [4.78, 5) is 0. The normalized spacial score (nSPS) is 19.7. The number of hydrogen-bond donors (Lipinski definition) is 0. The van der Waals surface area contributed by atoms with Gasteiger partial charge < -0.3 is 0 Å². The number of hydrogen-bond acceptors (Lipinski definition) is 0. The Morgan fingerprint density at radius 1 is 1.24 bits per heavy atom. The molecule has 1 atom stereocenters. The van der Waals surface area contributed by atoms with Crippen LogP contribution in [-0.4, -0.2) is 7.38 Å². The van der Waals surface area contributed by atoms with Crippen molar-refractivity contribution in [3.8, 4) is 0 Å². The molecule has 1 unspecified atom stereocenters. The van der Waals surface area contributed by atoms with E-state index in [1.54, 1.807) is 5.57 Å². The van der Waals surface area contributed by atoms with Crippen molar-refractivity contribution in [3.05, 3.63) is 41.0 Å². The van der Waals surface area contributed by atoms with Crippen molar-refractivity contribution in [1.82, 2.24) is 0 Å². The SMILES string of the molecule is CCCC1=C(C)C([Si](C)(C)Cl)c2ccccc21. The number of allylic oxidation sites excluding steroid dienone is 2. The Balaban J connectivity index is 2.56. The molecule has 0 aromatic heterocycles. The van der Waals surface area contributed by atoms with Crippen LogP contribution in [0.25, 0.3) is 5.57 Å². The first-order chi connectivity index (χ1) is 7.96. The molecule has 0 N–H and O–H groups in total. The van der Waals surface area contributed by atoms with Gasteiger partial charge in [0.05, 0.1) is 0 Å². The van der Waals surface area contributed by atoms with Gasteiger partial charge in [-0.3, -0.25) is 0 Å². The maximum Gasteiger partial charge on any atom is 0.161 e. The van der Waals surface area contributed by atoms with Crippen LogP contribution in [-0.2, 0) is 0 Å². The van der Waals surface area contributed by atoms with E-state index in [0.29, 0.717) is 5.54 Å². The fourth-order valence-electron chi connectivity index (χ4n) is 3.11. The highest BCUT2D eigenvalue weighted by atomic mass is 35.6. The second-order valence-corrected chi connectivity index (χ2v) is 12.1. The van der Waals surface area contributed by atoms with Gasteiger partial charge in [-0.05, 0) is 30.0 Å². The average Bonchev–Trinajstić information content (AvgIpc) is 2.52. The third kappa shape index (κ3) is 2.23. The van der Waals surface area contributed by atoms with Crippen molar-refractivity contribution in [2.24, 2.45) is 0 Å². The second kappa shape index (κ2) is 4.62. The molecule has 0 aliphatic heterocycles. The lowest BCUT2D eigenvalue weighted by Gasteiger charge is -2.25. The molecule has 0 bridgehead atoms. The van der Waals surface area contributed by atoms with Crippen molar-refractivity contribution in [3.63, 3.8) is 0 Å². The van der Waals surface area contributed by atoms with Crippen molar-refractivity contribution in [1.29, 1.82) is 0 Å². The highest BCUT2D eigenvalue weighted by Gasteiger charge is 2.39. The highest BCUT2D eigenvalue weighted by Crippen LogP contribution is 2.48. The molecule has 1 aliphatic rings. The molecule has 92 valence electrons. The fourth-order valence-corrected chi connectivity index (χ4v) is 6.15. The van der Waals surface area contributed by atoms with Gasteiger partial charge in [0.1, 0.15) is 0 Å². The monoisotopic (exact) mass is 264 g/mol. The molecule has 0 saturated carbocycles. The van der Waals surface area contributed by atoms with E-state index in [-0.39, 0.29) is 0 Å². The van der Waals surface area contributed by atoms with Gasteiger partial charge in [0.15, 0.2) is 7.38 Å². The summed E-state index contributed by atoms with van der Waals surface area (Å²) < 4.78 is 0. The Hall–Kier alpha value is -0.533. The molecule has 1 aromatic carbocycles. The molecule has 0 nitrogen and oxygen atoms in total. The van der Waals surface area contributed by atoms with Gasteiger partial charge in [0.2, 0.25) is 0 Å². The summed E-state index contributed by atoms with van der Waals surface area (Å²) in [6, 6.07) is 8.82. The predicted molar refractivity (Wildman–Crippen MR) is 80.0 cm³/mol. The Kier molecular flexibility index (Phi) is 3.51. The topological polar surface area (TPSA) is 0 Å². The van der Waals surface area contributed by atoms with Gasteiger partial charge in [0, 0.05) is 5.54 Å². The first-order valence-electron chi connectivity index (χ1n) is 6.44. The summed E-state index contributed by atoms with van der Waals surface area (Å²) in [5.41, 5.74) is 6.51. The zero-order valence-electron chi connectivity index (χ0n) is 11.2. The predicted octanol–water partition coefficient (Wildman–Crippen LogP) is 5.34. The van der Waals surface area contributed by atoms with Crippen molar-refractivity contribution >= 4 is 24.0 Å². The van der Waals surface area contributed by atoms with E-state index in [0.717, 1.165) is 0 Å². The molecule has 0 fully saturated rings. The summed E-state index contributed by atoms with van der Waals surface area (Å²) >= 11 is 6.73. The summed E-state index contributed by atoms with van der Waals surface area (Å²) in [5, 5.41) is 0. The quantitative estimate of drug-likeness (QED) is 0.511. The number of rotatable bonds is 3. The van der Waals surface area contributed by atoms with Gasteiger partial charge in [-0.15, -0.1) is 0 Å². The maximum absolute atomic E-state index is 6.73.